The molecule has 3 N–H and O–H groups in total. The number of rotatable bonds is 8. The minimum atomic E-state index is -0.792. The summed E-state index contributed by atoms with van der Waals surface area (Å²) in [7, 11) is 0. The third-order valence-corrected chi connectivity index (χ3v) is 8.00. The van der Waals surface area contributed by atoms with E-state index in [1.807, 2.05) is 60.7 Å². The first-order chi connectivity index (χ1) is 22.5. The van der Waals surface area contributed by atoms with Gasteiger partial charge in [0.05, 0.1) is 21.7 Å². The van der Waals surface area contributed by atoms with Gasteiger partial charge in [0.1, 0.15) is 28.9 Å². The molecule has 2 amide bonds. The van der Waals surface area contributed by atoms with Crippen molar-refractivity contribution in [1.82, 2.24) is 15.3 Å². The highest BCUT2D eigenvalue weighted by Gasteiger charge is 2.24. The number of nitrogens with zero attached hydrogens (tertiary/aromatic N) is 2. The molecule has 47 heavy (non-hydrogen) atoms. The van der Waals surface area contributed by atoms with Crippen LogP contribution >= 0.6 is 23.2 Å². The van der Waals surface area contributed by atoms with Crippen LogP contribution in [0.3, 0.4) is 0 Å². The molecule has 0 bridgehead atoms. The molecule has 4 aromatic carbocycles. The Balaban J connectivity index is 1.21. The lowest BCUT2D eigenvalue weighted by molar-refractivity contribution is -0.117. The maximum absolute atomic E-state index is 13.6. The smallest absolute Gasteiger partial charge is 0.407 e. The lowest BCUT2D eigenvalue weighted by Crippen LogP contribution is -2.37. The van der Waals surface area contributed by atoms with Crippen LogP contribution in [-0.4, -0.2) is 34.1 Å². The number of anilines is 3. The van der Waals surface area contributed by atoms with Crippen LogP contribution in [0.4, 0.5) is 22.0 Å². The number of nitrogens with one attached hydrogen (secondary N) is 3. The van der Waals surface area contributed by atoms with E-state index in [9.17, 15) is 9.59 Å². The summed E-state index contributed by atoms with van der Waals surface area (Å²) >= 11 is 12.4. The molecule has 0 aliphatic heterocycles. The first-order valence-electron chi connectivity index (χ1n) is 14.9. The van der Waals surface area contributed by atoms with Crippen LogP contribution in [0.15, 0.2) is 102 Å². The van der Waals surface area contributed by atoms with Crippen molar-refractivity contribution in [2.75, 3.05) is 17.2 Å². The number of alkyl carbamates (subject to hydrolysis) is 1. The van der Waals surface area contributed by atoms with E-state index in [4.69, 9.17) is 32.4 Å². The van der Waals surface area contributed by atoms with Crippen LogP contribution < -0.4 is 16.0 Å². The molecule has 0 spiro atoms. The van der Waals surface area contributed by atoms with Gasteiger partial charge in [0.2, 0.25) is 5.91 Å². The van der Waals surface area contributed by atoms with Crippen molar-refractivity contribution < 1.29 is 18.7 Å². The highest BCUT2D eigenvalue weighted by molar-refractivity contribution is 6.42. The molecular weight excluding hydrogens is 637 g/mol. The summed E-state index contributed by atoms with van der Waals surface area (Å²) < 4.78 is 11.6. The Morgan fingerprint density at radius 3 is 2.43 bits per heavy atom. The number of carbonyl (C=O) groups excluding carboxylic acids is 2. The standard InChI is InChI=1S/C36H31Cl2N5O4/c1-36(2,3)47-35(45)39-19-27(21-14-15-28(37)29(38)16-21)34(44)43-23-9-6-8-22(17-23)42-32-18-30(40-20-41-32)26-12-7-11-25-24-10-4-5-13-31(24)46-33(25)26/h4-18,20,27H,19H2,1-3H3,(H,39,45)(H,43,44)(H,40,41,42). The van der Waals surface area contributed by atoms with Crippen LogP contribution in [-0.2, 0) is 9.53 Å². The van der Waals surface area contributed by atoms with E-state index < -0.39 is 17.6 Å². The van der Waals surface area contributed by atoms with Crippen LogP contribution in [0.5, 0.6) is 0 Å². The van der Waals surface area contributed by atoms with E-state index in [1.165, 1.54) is 6.33 Å². The van der Waals surface area contributed by atoms with Crippen molar-refractivity contribution in [3.63, 3.8) is 0 Å². The molecule has 6 rings (SSSR count). The Labute approximate surface area is 281 Å². The molecule has 9 nitrogen and oxygen atoms in total. The van der Waals surface area contributed by atoms with Gasteiger partial charge in [-0.05, 0) is 68.8 Å². The van der Waals surface area contributed by atoms with Gasteiger partial charge >= 0.3 is 6.09 Å². The Hall–Kier alpha value is -5.12. The van der Waals surface area contributed by atoms with E-state index in [-0.39, 0.29) is 12.5 Å². The highest BCUT2D eigenvalue weighted by Crippen LogP contribution is 2.35. The second-order valence-corrected chi connectivity index (χ2v) is 12.7. The molecule has 11 heteroatoms. The van der Waals surface area contributed by atoms with Crippen molar-refractivity contribution in [2.24, 2.45) is 0 Å². The Morgan fingerprint density at radius 2 is 1.62 bits per heavy atom. The largest absolute Gasteiger partial charge is 0.455 e. The summed E-state index contributed by atoms with van der Waals surface area (Å²) in [6.07, 6.45) is 0.854. The molecule has 238 valence electrons. The number of hydrogen-bond donors (Lipinski definition) is 3. The van der Waals surface area contributed by atoms with E-state index in [0.29, 0.717) is 38.5 Å². The van der Waals surface area contributed by atoms with Crippen molar-refractivity contribution in [1.29, 1.82) is 0 Å². The average Bonchev–Trinajstić information content (AvgIpc) is 3.41. The van der Waals surface area contributed by atoms with Gasteiger partial charge in [0.15, 0.2) is 0 Å². The van der Waals surface area contributed by atoms with Crippen molar-refractivity contribution >= 4 is 74.3 Å². The number of halogens is 2. The normalized spacial score (nSPS) is 12.1. The first kappa shape index (κ1) is 31.8. The fourth-order valence-electron chi connectivity index (χ4n) is 5.16. The molecular formula is C36H31Cl2N5O4. The molecule has 2 aromatic heterocycles. The van der Waals surface area contributed by atoms with Gasteiger partial charge in [-0.25, -0.2) is 14.8 Å². The molecule has 1 unspecified atom stereocenters. The summed E-state index contributed by atoms with van der Waals surface area (Å²) in [4.78, 5) is 34.9. The number of furan rings is 1. The van der Waals surface area contributed by atoms with Gasteiger partial charge < -0.3 is 25.1 Å². The van der Waals surface area contributed by atoms with E-state index in [0.717, 1.165) is 27.5 Å². The van der Waals surface area contributed by atoms with E-state index >= 15 is 0 Å². The molecule has 1 atom stereocenters. The molecule has 0 radical (unpaired) electrons. The number of ether oxygens (including phenoxy) is 1. The predicted molar refractivity (Wildman–Crippen MR) is 187 cm³/mol. The number of aromatic nitrogens is 2. The van der Waals surface area contributed by atoms with Gasteiger partial charge in [-0.1, -0.05) is 65.7 Å². The molecule has 0 aliphatic carbocycles. The van der Waals surface area contributed by atoms with Gasteiger partial charge in [0, 0.05) is 40.3 Å². The molecule has 6 aromatic rings. The van der Waals surface area contributed by atoms with Crippen LogP contribution in [0, 0.1) is 0 Å². The molecule has 0 saturated heterocycles. The van der Waals surface area contributed by atoms with Crippen LogP contribution in [0.1, 0.15) is 32.3 Å². The zero-order valence-corrected chi connectivity index (χ0v) is 27.3. The Kier molecular flexibility index (Phi) is 9.02. The third kappa shape index (κ3) is 7.48. The number of amides is 2. The van der Waals surface area contributed by atoms with Gasteiger partial charge in [-0.3, -0.25) is 4.79 Å². The second kappa shape index (κ2) is 13.3. The summed E-state index contributed by atoms with van der Waals surface area (Å²) in [5.41, 5.74) is 4.21. The topological polar surface area (TPSA) is 118 Å². The number of fused-ring (bicyclic) bond motifs is 3. The van der Waals surface area contributed by atoms with Gasteiger partial charge in [-0.2, -0.15) is 0 Å². The number of carbonyl (C=O) groups is 2. The van der Waals surface area contributed by atoms with Gasteiger partial charge in [0.25, 0.3) is 0 Å². The lowest BCUT2D eigenvalue weighted by atomic mass is 9.98. The maximum atomic E-state index is 13.6. The minimum absolute atomic E-state index is 0.0294. The molecule has 2 heterocycles. The quantitative estimate of drug-likeness (QED) is 0.148. The molecule has 0 fully saturated rings. The van der Waals surface area contributed by atoms with Gasteiger partial charge in [-0.15, -0.1) is 0 Å². The van der Waals surface area contributed by atoms with Crippen molar-refractivity contribution in [3.05, 3.63) is 113 Å². The minimum Gasteiger partial charge on any atom is -0.455 e. The van der Waals surface area contributed by atoms with Crippen LogP contribution in [0.2, 0.25) is 10.0 Å². The summed E-state index contributed by atoms with van der Waals surface area (Å²) in [5, 5.41) is 11.6. The second-order valence-electron chi connectivity index (χ2n) is 11.9. The summed E-state index contributed by atoms with van der Waals surface area (Å²) in [6.45, 7) is 5.26. The lowest BCUT2D eigenvalue weighted by Gasteiger charge is -2.22. The fraction of sp³-hybridized carbons (Fsp3) is 0.167. The zero-order chi connectivity index (χ0) is 33.1. The molecule has 0 aliphatic rings. The molecule has 0 saturated carbocycles. The number of hydrogen-bond acceptors (Lipinski definition) is 7. The predicted octanol–water partition coefficient (Wildman–Crippen LogP) is 9.34. The van der Waals surface area contributed by atoms with E-state index in [1.54, 1.807) is 51.1 Å². The first-order valence-corrected chi connectivity index (χ1v) is 15.6. The average molecular weight is 669 g/mol. The monoisotopic (exact) mass is 667 g/mol. The number of benzene rings is 4. The Bertz CT molecular complexity index is 2110. The fourth-order valence-corrected chi connectivity index (χ4v) is 5.47. The highest BCUT2D eigenvalue weighted by atomic mass is 35.5. The third-order valence-electron chi connectivity index (χ3n) is 7.26. The van der Waals surface area contributed by atoms with Crippen molar-refractivity contribution in [3.8, 4) is 11.3 Å². The van der Waals surface area contributed by atoms with Crippen LogP contribution in [0.25, 0.3) is 33.2 Å². The van der Waals surface area contributed by atoms with Crippen molar-refractivity contribution in [2.45, 2.75) is 32.3 Å². The number of para-hydroxylation sites is 2. The maximum Gasteiger partial charge on any atom is 0.407 e. The SMILES string of the molecule is CC(C)(C)OC(=O)NCC(C(=O)Nc1cccc(Nc2cc(-c3cccc4c3oc3ccccc34)ncn2)c1)c1ccc(Cl)c(Cl)c1. The Morgan fingerprint density at radius 1 is 0.851 bits per heavy atom. The summed E-state index contributed by atoms with van der Waals surface area (Å²) in [6, 6.07) is 27.9. The zero-order valence-electron chi connectivity index (χ0n) is 25.8. The van der Waals surface area contributed by atoms with E-state index in [2.05, 4.69) is 25.9 Å². The summed E-state index contributed by atoms with van der Waals surface area (Å²) in [5.74, 6) is -0.596.